The van der Waals surface area contributed by atoms with Crippen LogP contribution >= 0.6 is 11.3 Å². The Morgan fingerprint density at radius 1 is 0.968 bits per heavy atom. The van der Waals surface area contributed by atoms with Gasteiger partial charge in [0.05, 0.1) is 18.2 Å². The van der Waals surface area contributed by atoms with E-state index in [1.54, 1.807) is 0 Å². The van der Waals surface area contributed by atoms with Crippen LogP contribution in [0, 0.1) is 0 Å². The number of carbonyl (C=O) groups excluding carboxylic acids is 2. The number of hydrogen-bond acceptors (Lipinski definition) is 6. The SMILES string of the molecule is O=C1C(c2cccs2)=C(N2CCN(Cc3ccccc3)CC2)C(=O)N1CC1CCCO1. The molecule has 3 aliphatic heterocycles. The van der Waals surface area contributed by atoms with Gasteiger partial charge in [0.2, 0.25) is 0 Å². The zero-order chi connectivity index (χ0) is 21.2. The minimum absolute atomic E-state index is 0.0421. The summed E-state index contributed by atoms with van der Waals surface area (Å²) in [5.74, 6) is -0.343. The van der Waals surface area contributed by atoms with E-state index in [4.69, 9.17) is 4.74 Å². The third-order valence-corrected chi connectivity index (χ3v) is 7.15. The van der Waals surface area contributed by atoms with Crippen molar-refractivity contribution >= 4 is 28.7 Å². The predicted molar refractivity (Wildman–Crippen MR) is 120 cm³/mol. The van der Waals surface area contributed by atoms with Crippen molar-refractivity contribution in [2.24, 2.45) is 0 Å². The second kappa shape index (κ2) is 8.94. The fourth-order valence-electron chi connectivity index (χ4n) is 4.63. The highest BCUT2D eigenvalue weighted by molar-refractivity contribution is 7.11. The Morgan fingerprint density at radius 2 is 1.77 bits per heavy atom. The van der Waals surface area contributed by atoms with Gasteiger partial charge in [0.15, 0.2) is 0 Å². The van der Waals surface area contributed by atoms with Crippen LogP contribution in [-0.4, -0.2) is 71.9 Å². The van der Waals surface area contributed by atoms with Gasteiger partial charge in [-0.1, -0.05) is 36.4 Å². The molecule has 3 aliphatic rings. The molecule has 0 radical (unpaired) electrons. The van der Waals surface area contributed by atoms with Gasteiger partial charge in [0.1, 0.15) is 5.70 Å². The smallest absolute Gasteiger partial charge is 0.277 e. The van der Waals surface area contributed by atoms with Gasteiger partial charge in [-0.05, 0) is 29.9 Å². The van der Waals surface area contributed by atoms with Crippen molar-refractivity contribution in [2.45, 2.75) is 25.5 Å². The van der Waals surface area contributed by atoms with E-state index in [2.05, 4.69) is 34.1 Å². The molecule has 0 aliphatic carbocycles. The van der Waals surface area contributed by atoms with E-state index in [1.165, 1.54) is 21.8 Å². The number of amides is 2. The largest absolute Gasteiger partial charge is 0.376 e. The van der Waals surface area contributed by atoms with E-state index in [9.17, 15) is 9.59 Å². The molecule has 162 valence electrons. The maximum atomic E-state index is 13.4. The lowest BCUT2D eigenvalue weighted by Crippen LogP contribution is -2.47. The van der Waals surface area contributed by atoms with E-state index < -0.39 is 0 Å². The predicted octanol–water partition coefficient (Wildman–Crippen LogP) is 2.82. The van der Waals surface area contributed by atoms with Gasteiger partial charge < -0.3 is 9.64 Å². The summed E-state index contributed by atoms with van der Waals surface area (Å²) in [6.45, 7) is 5.18. The molecule has 6 nitrogen and oxygen atoms in total. The van der Waals surface area contributed by atoms with E-state index in [-0.39, 0.29) is 17.9 Å². The highest BCUT2D eigenvalue weighted by Gasteiger charge is 2.43. The monoisotopic (exact) mass is 437 g/mol. The van der Waals surface area contributed by atoms with Crippen molar-refractivity contribution in [3.05, 3.63) is 64.0 Å². The highest BCUT2D eigenvalue weighted by Crippen LogP contribution is 2.35. The maximum absolute atomic E-state index is 13.4. The van der Waals surface area contributed by atoms with E-state index >= 15 is 0 Å². The Balaban J connectivity index is 1.34. The molecule has 0 bridgehead atoms. The van der Waals surface area contributed by atoms with Crippen LogP contribution in [0.4, 0.5) is 0 Å². The van der Waals surface area contributed by atoms with Gasteiger partial charge in [0, 0.05) is 44.2 Å². The summed E-state index contributed by atoms with van der Waals surface area (Å²) in [6, 6.07) is 14.3. The van der Waals surface area contributed by atoms with Crippen LogP contribution < -0.4 is 0 Å². The summed E-state index contributed by atoms with van der Waals surface area (Å²) < 4.78 is 5.71. The summed E-state index contributed by atoms with van der Waals surface area (Å²) in [4.78, 5) is 33.6. The third kappa shape index (κ3) is 4.18. The van der Waals surface area contributed by atoms with Crippen LogP contribution in [-0.2, 0) is 20.9 Å². The minimum atomic E-state index is -0.176. The van der Waals surface area contributed by atoms with E-state index in [0.29, 0.717) is 24.4 Å². The standard InChI is InChI=1S/C24H27N3O3S/c28-23-21(20-9-5-15-31-20)22(24(29)27(23)17-19-8-4-14-30-19)26-12-10-25(11-13-26)16-18-6-2-1-3-7-18/h1-3,5-7,9,15,19H,4,8,10-14,16-17H2. The Bertz CT molecular complexity index is 959. The molecule has 0 saturated carbocycles. The number of nitrogens with zero attached hydrogens (tertiary/aromatic N) is 3. The van der Waals surface area contributed by atoms with Gasteiger partial charge >= 0.3 is 0 Å². The minimum Gasteiger partial charge on any atom is -0.376 e. The summed E-state index contributed by atoms with van der Waals surface area (Å²) in [7, 11) is 0. The molecule has 2 amide bonds. The summed E-state index contributed by atoms with van der Waals surface area (Å²) in [5, 5.41) is 1.96. The summed E-state index contributed by atoms with van der Waals surface area (Å²) >= 11 is 1.51. The average molecular weight is 438 g/mol. The van der Waals surface area contributed by atoms with Crippen molar-refractivity contribution in [3.8, 4) is 0 Å². The Morgan fingerprint density at radius 3 is 2.45 bits per heavy atom. The summed E-state index contributed by atoms with van der Waals surface area (Å²) in [6.07, 6.45) is 1.85. The molecule has 0 spiro atoms. The molecule has 1 unspecified atom stereocenters. The molecule has 31 heavy (non-hydrogen) atoms. The lowest BCUT2D eigenvalue weighted by atomic mass is 10.1. The summed E-state index contributed by atoms with van der Waals surface area (Å²) in [5.41, 5.74) is 2.43. The first-order valence-electron chi connectivity index (χ1n) is 11.0. The third-order valence-electron chi connectivity index (χ3n) is 6.26. The first-order chi connectivity index (χ1) is 15.2. The first-order valence-corrected chi connectivity index (χ1v) is 11.9. The molecule has 2 aromatic rings. The molecule has 5 rings (SSSR count). The number of imide groups is 1. The highest BCUT2D eigenvalue weighted by atomic mass is 32.1. The van der Waals surface area contributed by atoms with Crippen molar-refractivity contribution in [1.82, 2.24) is 14.7 Å². The fraction of sp³-hybridized carbons (Fsp3) is 0.417. The van der Waals surface area contributed by atoms with Crippen LogP contribution in [0.25, 0.3) is 5.57 Å². The second-order valence-corrected chi connectivity index (χ2v) is 9.25. The number of carbonyl (C=O) groups is 2. The molecule has 1 atom stereocenters. The Hall–Kier alpha value is -2.48. The molecule has 0 N–H and O–H groups in total. The van der Waals surface area contributed by atoms with Crippen LogP contribution in [0.5, 0.6) is 0 Å². The molecular weight excluding hydrogens is 410 g/mol. The molecule has 4 heterocycles. The van der Waals surface area contributed by atoms with Gasteiger partial charge in [0.25, 0.3) is 11.8 Å². The fourth-order valence-corrected chi connectivity index (χ4v) is 5.39. The lowest BCUT2D eigenvalue weighted by Gasteiger charge is -2.36. The zero-order valence-electron chi connectivity index (χ0n) is 17.5. The van der Waals surface area contributed by atoms with Crippen LogP contribution in [0.1, 0.15) is 23.3 Å². The topological polar surface area (TPSA) is 53.1 Å². The number of piperazine rings is 1. The van der Waals surface area contributed by atoms with E-state index in [1.807, 2.05) is 23.6 Å². The zero-order valence-corrected chi connectivity index (χ0v) is 18.4. The molecular formula is C24H27N3O3S. The molecule has 7 heteroatoms. The molecule has 1 aromatic carbocycles. The normalized spacial score (nSPS) is 22.8. The van der Waals surface area contributed by atoms with E-state index in [0.717, 1.165) is 50.4 Å². The van der Waals surface area contributed by atoms with Gasteiger partial charge in [-0.15, -0.1) is 11.3 Å². The van der Waals surface area contributed by atoms with Gasteiger partial charge in [-0.2, -0.15) is 0 Å². The van der Waals surface area contributed by atoms with Crippen molar-refractivity contribution in [1.29, 1.82) is 0 Å². The average Bonchev–Trinajstić information content (AvgIpc) is 3.54. The number of rotatable bonds is 6. The number of benzene rings is 1. The quantitative estimate of drug-likeness (QED) is 0.651. The van der Waals surface area contributed by atoms with Crippen LogP contribution in [0.15, 0.2) is 53.5 Å². The van der Waals surface area contributed by atoms with Gasteiger partial charge in [-0.3, -0.25) is 19.4 Å². The Kier molecular flexibility index (Phi) is 5.89. The van der Waals surface area contributed by atoms with Crippen molar-refractivity contribution in [3.63, 3.8) is 0 Å². The van der Waals surface area contributed by atoms with Crippen molar-refractivity contribution in [2.75, 3.05) is 39.3 Å². The maximum Gasteiger partial charge on any atom is 0.277 e. The van der Waals surface area contributed by atoms with Crippen LogP contribution in [0.2, 0.25) is 0 Å². The molecule has 2 fully saturated rings. The number of thiophene rings is 1. The molecule has 1 aromatic heterocycles. The number of ether oxygens (including phenoxy) is 1. The first kappa shape index (κ1) is 20.4. The Labute approximate surface area is 186 Å². The van der Waals surface area contributed by atoms with Gasteiger partial charge in [-0.25, -0.2) is 0 Å². The molecule has 2 saturated heterocycles. The second-order valence-electron chi connectivity index (χ2n) is 8.31. The lowest BCUT2D eigenvalue weighted by molar-refractivity contribution is -0.139. The number of hydrogen-bond donors (Lipinski definition) is 0. The van der Waals surface area contributed by atoms with Crippen molar-refractivity contribution < 1.29 is 14.3 Å². The van der Waals surface area contributed by atoms with Crippen LogP contribution in [0.3, 0.4) is 0 Å².